The molecule has 1 unspecified atom stereocenters. The first kappa shape index (κ1) is 18.1. The number of hydrogen-bond donors (Lipinski definition) is 0. The molecular formula is C12H28O4SSi. The van der Waals surface area contributed by atoms with E-state index in [9.17, 15) is 8.42 Å². The molecule has 6 heteroatoms. The van der Waals surface area contributed by atoms with E-state index in [1.807, 2.05) is 13.8 Å². The van der Waals surface area contributed by atoms with Gasteiger partial charge in [0.2, 0.25) is 0 Å². The van der Waals surface area contributed by atoms with E-state index >= 15 is 0 Å². The fourth-order valence-corrected chi connectivity index (χ4v) is 3.91. The van der Waals surface area contributed by atoms with Crippen LogP contribution in [-0.4, -0.2) is 36.9 Å². The first-order chi connectivity index (χ1) is 7.87. The van der Waals surface area contributed by atoms with Gasteiger partial charge < -0.3 is 4.43 Å². The molecule has 18 heavy (non-hydrogen) atoms. The summed E-state index contributed by atoms with van der Waals surface area (Å²) in [5.41, 5.74) is -0.509. The second kappa shape index (κ2) is 6.50. The van der Waals surface area contributed by atoms with E-state index in [2.05, 4.69) is 20.8 Å². The fraction of sp³-hybridized carbons (Fsp3) is 1.00. The van der Waals surface area contributed by atoms with Crippen molar-refractivity contribution in [2.75, 3.05) is 6.26 Å². The van der Waals surface area contributed by atoms with Crippen molar-refractivity contribution in [1.29, 1.82) is 0 Å². The van der Waals surface area contributed by atoms with Crippen LogP contribution < -0.4 is 0 Å². The van der Waals surface area contributed by atoms with E-state index in [1.54, 1.807) is 0 Å². The molecule has 0 aromatic heterocycles. The highest BCUT2D eigenvalue weighted by Crippen LogP contribution is 2.28. The first-order valence-electron chi connectivity index (χ1n) is 6.31. The van der Waals surface area contributed by atoms with Crippen molar-refractivity contribution in [2.45, 2.75) is 65.6 Å². The maximum Gasteiger partial charge on any atom is 0.264 e. The molecule has 0 aliphatic heterocycles. The Balaban J connectivity index is 4.26. The summed E-state index contributed by atoms with van der Waals surface area (Å²) in [6.07, 6.45) is 3.86. The summed E-state index contributed by atoms with van der Waals surface area (Å²) in [5.74, 6) is 0. The van der Waals surface area contributed by atoms with Gasteiger partial charge >= 0.3 is 0 Å². The smallest absolute Gasteiger partial charge is 0.264 e. The molecule has 0 bridgehead atoms. The lowest BCUT2D eigenvalue weighted by atomic mass is 9.85. The van der Waals surface area contributed by atoms with E-state index < -0.39 is 15.7 Å². The van der Waals surface area contributed by atoms with Crippen molar-refractivity contribution in [3.05, 3.63) is 0 Å². The van der Waals surface area contributed by atoms with Gasteiger partial charge in [-0.3, -0.25) is 4.18 Å². The van der Waals surface area contributed by atoms with Crippen molar-refractivity contribution in [3.8, 4) is 0 Å². The Labute approximate surface area is 115 Å². The van der Waals surface area contributed by atoms with Gasteiger partial charge in [0.05, 0.1) is 11.9 Å². The van der Waals surface area contributed by atoms with Crippen LogP contribution in [0.15, 0.2) is 0 Å². The molecule has 0 saturated carbocycles. The largest absolute Gasteiger partial charge is 0.425 e. The van der Waals surface area contributed by atoms with Crippen molar-refractivity contribution in [1.82, 2.24) is 0 Å². The van der Waals surface area contributed by atoms with Crippen molar-refractivity contribution in [2.24, 2.45) is 5.41 Å². The zero-order valence-electron chi connectivity index (χ0n) is 12.7. The molecule has 0 N–H and O–H groups in total. The molecule has 110 valence electrons. The standard InChI is InChI=1S/C12H28O4SSi/c1-11(2,3)10(15-18)8-7-9-12(4,5)16-17(6,13)14/h10H,7-9H2,1-6,18H3. The molecule has 0 aliphatic carbocycles. The molecule has 0 fully saturated rings. The van der Waals surface area contributed by atoms with Crippen LogP contribution in [0.2, 0.25) is 0 Å². The van der Waals surface area contributed by atoms with Crippen LogP contribution in [0, 0.1) is 5.41 Å². The summed E-state index contributed by atoms with van der Waals surface area (Å²) in [6.45, 7) is 10.1. The van der Waals surface area contributed by atoms with E-state index in [0.717, 1.165) is 29.6 Å². The molecule has 0 rings (SSSR count). The van der Waals surface area contributed by atoms with Gasteiger partial charge in [-0.15, -0.1) is 0 Å². The highest BCUT2D eigenvalue weighted by Gasteiger charge is 2.27. The van der Waals surface area contributed by atoms with E-state index in [-0.39, 0.29) is 11.5 Å². The minimum atomic E-state index is -3.39. The topological polar surface area (TPSA) is 52.6 Å². The van der Waals surface area contributed by atoms with Crippen LogP contribution in [-0.2, 0) is 18.7 Å². The Morgan fingerprint density at radius 1 is 1.17 bits per heavy atom. The molecule has 4 nitrogen and oxygen atoms in total. The Morgan fingerprint density at radius 3 is 2.00 bits per heavy atom. The van der Waals surface area contributed by atoms with Gasteiger partial charge in [0.25, 0.3) is 10.1 Å². The summed E-state index contributed by atoms with van der Waals surface area (Å²) < 4.78 is 32.9. The van der Waals surface area contributed by atoms with Crippen LogP contribution in [0.5, 0.6) is 0 Å². The lowest BCUT2D eigenvalue weighted by Crippen LogP contribution is -2.31. The third-order valence-electron chi connectivity index (χ3n) is 2.87. The summed E-state index contributed by atoms with van der Waals surface area (Å²) in [7, 11) is -2.67. The monoisotopic (exact) mass is 296 g/mol. The molecule has 0 heterocycles. The Morgan fingerprint density at radius 2 is 1.67 bits per heavy atom. The zero-order valence-corrected chi connectivity index (χ0v) is 15.6. The molecular weight excluding hydrogens is 268 g/mol. The van der Waals surface area contributed by atoms with Gasteiger partial charge in [0.1, 0.15) is 10.5 Å². The number of hydrogen-bond acceptors (Lipinski definition) is 4. The van der Waals surface area contributed by atoms with Crippen LogP contribution in [0.4, 0.5) is 0 Å². The number of rotatable bonds is 7. The molecule has 0 radical (unpaired) electrons. The molecule has 0 aromatic rings. The van der Waals surface area contributed by atoms with Gasteiger partial charge in [-0.2, -0.15) is 8.42 Å². The minimum absolute atomic E-state index is 0.129. The summed E-state index contributed by atoms with van der Waals surface area (Å²) in [6, 6.07) is 0. The average Bonchev–Trinajstić information content (AvgIpc) is 2.05. The molecule has 0 aliphatic rings. The van der Waals surface area contributed by atoms with Gasteiger partial charge in [-0.05, 0) is 38.5 Å². The van der Waals surface area contributed by atoms with E-state index in [4.69, 9.17) is 8.61 Å². The molecule has 0 saturated heterocycles. The zero-order chi connectivity index (χ0) is 14.6. The molecule has 0 amide bonds. The van der Waals surface area contributed by atoms with Crippen LogP contribution >= 0.6 is 0 Å². The molecule has 1 atom stereocenters. The van der Waals surface area contributed by atoms with Crippen LogP contribution in [0.1, 0.15) is 53.9 Å². The van der Waals surface area contributed by atoms with Crippen LogP contribution in [0.3, 0.4) is 0 Å². The average molecular weight is 297 g/mol. The highest BCUT2D eigenvalue weighted by molar-refractivity contribution is 7.86. The third-order valence-corrected chi connectivity index (χ3v) is 4.20. The summed E-state index contributed by atoms with van der Waals surface area (Å²) in [4.78, 5) is 0. The van der Waals surface area contributed by atoms with Crippen LogP contribution in [0.25, 0.3) is 0 Å². The SMILES string of the molecule is CC(C)(CCCC(O[SiH3])C(C)(C)C)OS(C)(=O)=O. The maximum atomic E-state index is 11.1. The molecule has 0 spiro atoms. The second-order valence-corrected chi connectivity index (χ2v) is 8.58. The Kier molecular flexibility index (Phi) is 6.53. The predicted octanol–water partition coefficient (Wildman–Crippen LogP) is 1.62. The fourth-order valence-electron chi connectivity index (χ4n) is 2.07. The highest BCUT2D eigenvalue weighted by atomic mass is 32.2. The Bertz CT molecular complexity index is 344. The minimum Gasteiger partial charge on any atom is -0.425 e. The maximum absolute atomic E-state index is 11.1. The Hall–Kier alpha value is 0.0869. The predicted molar refractivity (Wildman–Crippen MR) is 78.1 cm³/mol. The lowest BCUT2D eigenvalue weighted by Gasteiger charge is -2.31. The summed E-state index contributed by atoms with van der Waals surface area (Å²) >= 11 is 0. The third kappa shape index (κ3) is 8.23. The van der Waals surface area contributed by atoms with Gasteiger partial charge in [-0.25, -0.2) is 0 Å². The van der Waals surface area contributed by atoms with Gasteiger partial charge in [-0.1, -0.05) is 20.8 Å². The second-order valence-electron chi connectivity index (χ2n) is 6.53. The first-order valence-corrected chi connectivity index (χ1v) is 8.94. The normalized spacial score (nSPS) is 15.9. The van der Waals surface area contributed by atoms with E-state index in [0.29, 0.717) is 6.42 Å². The van der Waals surface area contributed by atoms with E-state index in [1.165, 1.54) is 0 Å². The molecule has 0 aromatic carbocycles. The van der Waals surface area contributed by atoms with Crippen molar-refractivity contribution in [3.63, 3.8) is 0 Å². The quantitative estimate of drug-likeness (QED) is 0.529. The summed E-state index contributed by atoms with van der Waals surface area (Å²) in [5, 5.41) is 0. The van der Waals surface area contributed by atoms with Gasteiger partial charge in [0, 0.05) is 6.10 Å². The van der Waals surface area contributed by atoms with Gasteiger partial charge in [0.15, 0.2) is 0 Å². The lowest BCUT2D eigenvalue weighted by molar-refractivity contribution is 0.0681. The van der Waals surface area contributed by atoms with Crippen molar-refractivity contribution >= 4 is 20.6 Å². The van der Waals surface area contributed by atoms with Crippen molar-refractivity contribution < 1.29 is 17.0 Å².